The number of sulfonamides is 1. The summed E-state index contributed by atoms with van der Waals surface area (Å²) in [6, 6.07) is 20.9. The highest BCUT2D eigenvalue weighted by Gasteiger charge is 2.34. The van der Waals surface area contributed by atoms with Crippen molar-refractivity contribution in [2.45, 2.75) is 89.7 Å². The zero-order chi connectivity index (χ0) is 30.3. The first-order valence-corrected chi connectivity index (χ1v) is 16.3. The minimum absolute atomic E-state index is 0.0986. The molecule has 0 saturated heterocycles. The standard InChI is InChI=1S/C34H43N3O4S/c1-5-31(34(39)35-29-12-8-6-9-13-29)36(23-28-20-17-25(2)18-21-28)33(38)24-37(32-22-26(3)16-19-27(32)4)42(40,41)30-14-10-7-11-15-30/h7,10-11,14-22,29,31H,5-6,8-9,12-13,23-24H2,1-4H3,(H,35,39)/t31-/m0/s1. The van der Waals surface area contributed by atoms with Crippen molar-refractivity contribution < 1.29 is 18.0 Å². The number of anilines is 1. The third-order valence-electron chi connectivity index (χ3n) is 8.05. The highest BCUT2D eigenvalue weighted by Crippen LogP contribution is 2.29. The van der Waals surface area contributed by atoms with Gasteiger partial charge in [0.1, 0.15) is 12.6 Å². The molecule has 0 aromatic heterocycles. The van der Waals surface area contributed by atoms with E-state index < -0.39 is 28.5 Å². The lowest BCUT2D eigenvalue weighted by atomic mass is 9.95. The summed E-state index contributed by atoms with van der Waals surface area (Å²) in [5.74, 6) is -0.615. The van der Waals surface area contributed by atoms with Gasteiger partial charge in [-0.1, -0.05) is 86.3 Å². The largest absolute Gasteiger partial charge is 0.352 e. The zero-order valence-corrected chi connectivity index (χ0v) is 26.0. The third-order valence-corrected chi connectivity index (χ3v) is 9.83. The van der Waals surface area contributed by atoms with E-state index in [1.807, 2.05) is 64.1 Å². The molecule has 3 aromatic rings. The van der Waals surface area contributed by atoms with Gasteiger partial charge in [0.2, 0.25) is 11.8 Å². The molecule has 0 bridgehead atoms. The summed E-state index contributed by atoms with van der Waals surface area (Å²) in [5.41, 5.74) is 4.03. The summed E-state index contributed by atoms with van der Waals surface area (Å²) in [6.07, 6.45) is 5.61. The number of amides is 2. The van der Waals surface area contributed by atoms with Gasteiger partial charge in [-0.15, -0.1) is 0 Å². The van der Waals surface area contributed by atoms with Crippen LogP contribution in [-0.2, 0) is 26.2 Å². The number of benzene rings is 3. The van der Waals surface area contributed by atoms with E-state index in [1.165, 1.54) is 22.9 Å². The maximum atomic E-state index is 14.3. The number of aryl methyl sites for hydroxylation is 3. The third kappa shape index (κ3) is 7.59. The number of nitrogens with one attached hydrogen (secondary N) is 1. The first-order chi connectivity index (χ1) is 20.1. The fraction of sp³-hybridized carbons (Fsp3) is 0.412. The highest BCUT2D eigenvalue weighted by atomic mass is 32.2. The van der Waals surface area contributed by atoms with Crippen LogP contribution in [0.25, 0.3) is 0 Å². The van der Waals surface area contributed by atoms with Crippen LogP contribution in [0.15, 0.2) is 77.7 Å². The van der Waals surface area contributed by atoms with Crippen molar-refractivity contribution in [2.24, 2.45) is 0 Å². The van der Waals surface area contributed by atoms with Crippen molar-refractivity contribution in [1.29, 1.82) is 0 Å². The molecule has 1 aliphatic rings. The van der Waals surface area contributed by atoms with Gasteiger partial charge in [-0.05, 0) is 74.9 Å². The van der Waals surface area contributed by atoms with E-state index in [-0.39, 0.29) is 23.4 Å². The van der Waals surface area contributed by atoms with Crippen LogP contribution in [0.2, 0.25) is 0 Å². The van der Waals surface area contributed by atoms with Gasteiger partial charge in [0, 0.05) is 12.6 Å². The lowest BCUT2D eigenvalue weighted by molar-refractivity contribution is -0.140. The summed E-state index contributed by atoms with van der Waals surface area (Å²) in [6.45, 7) is 7.38. The molecule has 4 rings (SSSR count). The fourth-order valence-electron chi connectivity index (χ4n) is 5.58. The Kier molecular flexibility index (Phi) is 10.4. The van der Waals surface area contributed by atoms with E-state index in [0.717, 1.165) is 47.9 Å². The number of rotatable bonds is 11. The molecule has 2 amide bonds. The number of hydrogen-bond acceptors (Lipinski definition) is 4. The first-order valence-electron chi connectivity index (χ1n) is 14.9. The normalized spacial score (nSPS) is 14.7. The maximum Gasteiger partial charge on any atom is 0.264 e. The van der Waals surface area contributed by atoms with Gasteiger partial charge in [0.25, 0.3) is 10.0 Å². The van der Waals surface area contributed by atoms with Gasteiger partial charge >= 0.3 is 0 Å². The minimum Gasteiger partial charge on any atom is -0.352 e. The van der Waals surface area contributed by atoms with Crippen LogP contribution in [0.3, 0.4) is 0 Å². The Balaban J connectivity index is 1.72. The van der Waals surface area contributed by atoms with Crippen molar-refractivity contribution >= 4 is 27.5 Å². The molecule has 1 saturated carbocycles. The lowest BCUT2D eigenvalue weighted by Gasteiger charge is -2.35. The molecule has 0 radical (unpaired) electrons. The summed E-state index contributed by atoms with van der Waals surface area (Å²) in [5, 5.41) is 3.19. The number of hydrogen-bond donors (Lipinski definition) is 1. The predicted molar refractivity (Wildman–Crippen MR) is 168 cm³/mol. The van der Waals surface area contributed by atoms with E-state index in [2.05, 4.69) is 5.32 Å². The average Bonchev–Trinajstić information content (AvgIpc) is 2.99. The molecule has 0 heterocycles. The molecule has 1 N–H and O–H groups in total. The molecule has 0 spiro atoms. The Morgan fingerprint density at radius 2 is 1.52 bits per heavy atom. The molecular weight excluding hydrogens is 546 g/mol. The Morgan fingerprint density at radius 3 is 2.17 bits per heavy atom. The summed E-state index contributed by atoms with van der Waals surface area (Å²) < 4.78 is 29.3. The second-order valence-corrected chi connectivity index (χ2v) is 13.3. The van der Waals surface area contributed by atoms with Crippen LogP contribution in [0.1, 0.15) is 67.7 Å². The van der Waals surface area contributed by atoms with Crippen molar-refractivity contribution in [1.82, 2.24) is 10.2 Å². The van der Waals surface area contributed by atoms with Crippen molar-refractivity contribution in [3.05, 3.63) is 95.1 Å². The Hall–Kier alpha value is -3.65. The van der Waals surface area contributed by atoms with Crippen LogP contribution >= 0.6 is 0 Å². The van der Waals surface area contributed by atoms with Crippen LogP contribution in [0, 0.1) is 20.8 Å². The van der Waals surface area contributed by atoms with Crippen LogP contribution < -0.4 is 9.62 Å². The quantitative estimate of drug-likeness (QED) is 0.294. The summed E-state index contributed by atoms with van der Waals surface area (Å²) in [4.78, 5) is 29.6. The number of nitrogens with zero attached hydrogens (tertiary/aromatic N) is 2. The molecule has 1 fully saturated rings. The van der Waals surface area contributed by atoms with Gasteiger partial charge in [-0.2, -0.15) is 0 Å². The molecule has 0 aliphatic heterocycles. The van der Waals surface area contributed by atoms with Gasteiger partial charge < -0.3 is 10.2 Å². The second kappa shape index (κ2) is 14.0. The fourth-order valence-corrected chi connectivity index (χ4v) is 7.07. The SMILES string of the molecule is CC[C@@H](C(=O)NC1CCCCC1)N(Cc1ccc(C)cc1)C(=O)CN(c1cc(C)ccc1C)S(=O)(=O)c1ccccc1. The van der Waals surface area contributed by atoms with E-state index in [4.69, 9.17) is 0 Å². The van der Waals surface area contributed by atoms with E-state index in [9.17, 15) is 18.0 Å². The van der Waals surface area contributed by atoms with Gasteiger partial charge in [0.15, 0.2) is 0 Å². The Labute approximate surface area is 251 Å². The first kappa shape index (κ1) is 31.3. The average molecular weight is 590 g/mol. The predicted octanol–water partition coefficient (Wildman–Crippen LogP) is 6.06. The van der Waals surface area contributed by atoms with Crippen LogP contribution in [0.5, 0.6) is 0 Å². The molecule has 8 heteroatoms. The Bertz CT molecular complexity index is 1470. The van der Waals surface area contributed by atoms with Crippen molar-refractivity contribution in [3.63, 3.8) is 0 Å². The molecule has 3 aromatic carbocycles. The maximum absolute atomic E-state index is 14.3. The monoisotopic (exact) mass is 589 g/mol. The van der Waals surface area contributed by atoms with E-state index >= 15 is 0 Å². The Morgan fingerprint density at radius 1 is 0.881 bits per heavy atom. The molecule has 7 nitrogen and oxygen atoms in total. The van der Waals surface area contributed by atoms with Gasteiger partial charge in [0.05, 0.1) is 10.6 Å². The van der Waals surface area contributed by atoms with Gasteiger partial charge in [-0.25, -0.2) is 8.42 Å². The molecule has 1 atom stereocenters. The van der Waals surface area contributed by atoms with E-state index in [0.29, 0.717) is 12.1 Å². The lowest BCUT2D eigenvalue weighted by Crippen LogP contribution is -2.54. The number of carbonyl (C=O) groups is 2. The summed E-state index contributed by atoms with van der Waals surface area (Å²) >= 11 is 0. The molecule has 42 heavy (non-hydrogen) atoms. The zero-order valence-electron chi connectivity index (χ0n) is 25.2. The van der Waals surface area contributed by atoms with Crippen molar-refractivity contribution in [2.75, 3.05) is 10.8 Å². The number of carbonyl (C=O) groups excluding carboxylic acids is 2. The molecule has 0 unspecified atom stereocenters. The van der Waals surface area contributed by atoms with Gasteiger partial charge in [-0.3, -0.25) is 13.9 Å². The second-order valence-electron chi connectivity index (χ2n) is 11.4. The van der Waals surface area contributed by atoms with E-state index in [1.54, 1.807) is 29.2 Å². The smallest absolute Gasteiger partial charge is 0.264 e. The van der Waals surface area contributed by atoms with Crippen LogP contribution in [0.4, 0.5) is 5.69 Å². The molecule has 1 aliphatic carbocycles. The van der Waals surface area contributed by atoms with Crippen molar-refractivity contribution in [3.8, 4) is 0 Å². The summed E-state index contributed by atoms with van der Waals surface area (Å²) in [7, 11) is -4.09. The topological polar surface area (TPSA) is 86.8 Å². The highest BCUT2D eigenvalue weighted by molar-refractivity contribution is 7.92. The minimum atomic E-state index is -4.09. The molecular formula is C34H43N3O4S. The van der Waals surface area contributed by atoms with Crippen LogP contribution in [-0.4, -0.2) is 43.8 Å². The molecule has 224 valence electrons.